The maximum absolute atomic E-state index is 0. The molecule has 0 aliphatic rings. The van der Waals surface area contributed by atoms with E-state index in [0.717, 1.165) is 0 Å². The molecule has 0 saturated carbocycles. The minimum atomic E-state index is 0. The maximum Gasteiger partial charge on any atom is 0 e. The van der Waals surface area contributed by atoms with E-state index in [0.29, 0.717) is 0 Å². The minimum absolute atomic E-state index is 0. The summed E-state index contributed by atoms with van der Waals surface area (Å²) in [5, 5.41) is 0. The summed E-state index contributed by atoms with van der Waals surface area (Å²) in [4.78, 5) is 0. The van der Waals surface area contributed by atoms with Crippen molar-refractivity contribution in [1.29, 1.82) is 0 Å². The van der Waals surface area contributed by atoms with Crippen LogP contribution >= 0.6 is 0 Å². The Morgan fingerprint density at radius 1 is 0.250 bits per heavy atom. The maximum atomic E-state index is 0. The number of rotatable bonds is 0. The van der Waals surface area contributed by atoms with Crippen LogP contribution in [0.25, 0.3) is 30.8 Å². The molecule has 0 aromatic heterocycles. The normalized spacial score (nSPS) is 0. The van der Waals surface area contributed by atoms with Gasteiger partial charge in [-0.3, -0.25) is 0 Å². The van der Waals surface area contributed by atoms with E-state index < -0.39 is 0 Å². The van der Waals surface area contributed by atoms with E-state index in [1.807, 2.05) is 0 Å². The van der Waals surface area contributed by atoms with E-state index in [1.54, 1.807) is 0 Å². The molecule has 10 N–H and O–H groups in total. The first-order chi connectivity index (χ1) is 0. The Balaban J connectivity index is 0. The average molecular weight is 734 g/mol. The van der Waals surface area contributed by atoms with Gasteiger partial charge in [0.2, 0.25) is 0 Å². The number of nitrogens with two attached hydrogens (primary N) is 5. The van der Waals surface area contributed by atoms with Gasteiger partial charge in [0.15, 0.2) is 0 Å². The largest absolute Gasteiger partial charge is 0.693 e. The van der Waals surface area contributed by atoms with E-state index in [2.05, 4.69) is 0 Å². The van der Waals surface area contributed by atoms with Crippen molar-refractivity contribution in [2.75, 3.05) is 0 Å². The van der Waals surface area contributed by atoms with Gasteiger partial charge in [-0.2, -0.15) is 0 Å². The van der Waals surface area contributed by atoms with Crippen molar-refractivity contribution in [3.8, 4) is 0 Å². The zero-order valence-electron chi connectivity index (χ0n) is 5.78. The molecule has 0 rings (SSSR count). The number of hydrogen-bond donors (Lipinski definition) is 0. The quantitative estimate of drug-likeness (QED) is 0.260. The Kier molecular flexibility index (Phi) is 3960. The topological polar surface area (TPSA) is 168 Å². The summed E-state index contributed by atoms with van der Waals surface area (Å²) in [6.07, 6.45) is 0. The molecule has 108 valence electrons. The van der Waals surface area contributed by atoms with Crippen LogP contribution in [0.15, 0.2) is 0 Å². The Bertz CT molecular complexity index is 15.9. The van der Waals surface area contributed by atoms with Crippen molar-refractivity contribution in [3.63, 3.8) is 0 Å². The summed E-state index contributed by atoms with van der Waals surface area (Å²) in [7, 11) is 0. The zero-order chi connectivity index (χ0) is 0. The zero-order valence-corrected chi connectivity index (χ0v) is 15.1. The molecule has 0 bridgehead atoms. The number of hydrogen-bond acceptors (Lipinski definition) is 0. The summed E-state index contributed by atoms with van der Waals surface area (Å²) in [5.41, 5.74) is 0. The predicted octanol–water partition coefficient (Wildman–Crippen LogP) is 4.02. The van der Waals surface area contributed by atoms with Crippen LogP contribution in [0.5, 0.6) is 0 Å². The third-order valence-corrected chi connectivity index (χ3v) is 0. The standard InChI is InChI=1S/CH3.5H2N.6Pd/h1H3;5*1H2;;;;;;/q6*-1;;;;;;. The molecule has 0 fully saturated rings. The molecular weight excluding hydrogens is 721 g/mol. The summed E-state index contributed by atoms with van der Waals surface area (Å²) < 4.78 is 0. The molecule has 0 aliphatic carbocycles. The molecule has 0 unspecified atom stereocenters. The average Bonchev–Trinajstić information content (AvgIpc) is 0. The summed E-state index contributed by atoms with van der Waals surface area (Å²) in [6.45, 7) is 0. The molecule has 0 radical (unpaired) electrons. The molecule has 0 spiro atoms. The van der Waals surface area contributed by atoms with Crippen LogP contribution in [0.3, 0.4) is 0 Å². The van der Waals surface area contributed by atoms with E-state index in [4.69, 9.17) is 0 Å². The van der Waals surface area contributed by atoms with Crippen LogP contribution in [0.1, 0.15) is 0 Å². The van der Waals surface area contributed by atoms with Gasteiger partial charge in [0, 0.05) is 123 Å². The monoisotopic (exact) mass is 731 g/mol. The molecule has 12 heavy (non-hydrogen) atoms. The third kappa shape index (κ3) is 158. The summed E-state index contributed by atoms with van der Waals surface area (Å²) in [6, 6.07) is 0. The van der Waals surface area contributed by atoms with E-state index in [1.165, 1.54) is 0 Å². The SMILES string of the molecule is [CH3-].[NH2-].[NH2-].[NH2-].[NH2-].[NH2-].[Pd].[Pd].[Pd].[Pd].[Pd].[Pd]. The van der Waals surface area contributed by atoms with Crippen LogP contribution in [0, 0.1) is 7.43 Å². The van der Waals surface area contributed by atoms with Crippen molar-refractivity contribution in [2.45, 2.75) is 0 Å². The molecule has 0 aromatic carbocycles. The Labute approximate surface area is 158 Å². The van der Waals surface area contributed by atoms with Gasteiger partial charge >= 0.3 is 0 Å². The second-order valence-electron chi connectivity index (χ2n) is 0. The Hall–Kier alpha value is 3.77. The first-order valence-corrected chi connectivity index (χ1v) is 0. The summed E-state index contributed by atoms with van der Waals surface area (Å²) >= 11 is 0. The fourth-order valence-corrected chi connectivity index (χ4v) is 0. The third-order valence-electron chi connectivity index (χ3n) is 0. The van der Waals surface area contributed by atoms with Crippen LogP contribution in [-0.4, -0.2) is 0 Å². The fourth-order valence-electron chi connectivity index (χ4n) is 0. The minimum Gasteiger partial charge on any atom is -0.693 e. The first kappa shape index (κ1) is 242. The van der Waals surface area contributed by atoms with Gasteiger partial charge < -0.3 is 38.2 Å². The first-order valence-electron chi connectivity index (χ1n) is 0. The van der Waals surface area contributed by atoms with Crippen molar-refractivity contribution in [3.05, 3.63) is 38.2 Å². The van der Waals surface area contributed by atoms with Gasteiger partial charge in [-0.15, -0.1) is 0 Å². The van der Waals surface area contributed by atoms with E-state index >= 15 is 0 Å². The Morgan fingerprint density at radius 2 is 0.250 bits per heavy atom. The molecule has 0 atom stereocenters. The second-order valence-corrected chi connectivity index (χ2v) is 0. The second kappa shape index (κ2) is 197. The van der Waals surface area contributed by atoms with Crippen LogP contribution in [0.2, 0.25) is 0 Å². The molecule has 5 nitrogen and oxygen atoms in total. The molecule has 0 aliphatic heterocycles. The van der Waals surface area contributed by atoms with Crippen molar-refractivity contribution in [1.82, 2.24) is 0 Å². The summed E-state index contributed by atoms with van der Waals surface area (Å²) in [5.74, 6) is 0. The van der Waals surface area contributed by atoms with Crippen molar-refractivity contribution in [2.24, 2.45) is 0 Å². The van der Waals surface area contributed by atoms with Crippen molar-refractivity contribution >= 4 is 0 Å². The predicted molar refractivity (Wildman–Crippen MR) is 32.8 cm³/mol. The van der Waals surface area contributed by atoms with E-state index in [-0.39, 0.29) is 161 Å². The van der Waals surface area contributed by atoms with Crippen LogP contribution < -0.4 is 0 Å². The van der Waals surface area contributed by atoms with Gasteiger partial charge in [-0.05, 0) is 0 Å². The Morgan fingerprint density at radius 3 is 0.250 bits per heavy atom. The molecule has 0 amide bonds. The van der Waals surface area contributed by atoms with E-state index in [9.17, 15) is 0 Å². The van der Waals surface area contributed by atoms with Crippen LogP contribution in [-0.2, 0) is 123 Å². The van der Waals surface area contributed by atoms with Gasteiger partial charge in [0.05, 0.1) is 0 Å². The molecular formula is CH13N5Pd6-6. The molecule has 0 saturated heterocycles. The smallest absolute Gasteiger partial charge is 0 e. The molecule has 11 heteroatoms. The fraction of sp³-hybridized carbons (Fsp3) is 0. The van der Waals surface area contributed by atoms with Gasteiger partial charge in [0.25, 0.3) is 0 Å². The van der Waals surface area contributed by atoms with Gasteiger partial charge in [-0.1, -0.05) is 0 Å². The molecule has 0 heterocycles. The van der Waals surface area contributed by atoms with Crippen LogP contribution in [0.4, 0.5) is 0 Å². The van der Waals surface area contributed by atoms with Crippen molar-refractivity contribution < 1.29 is 123 Å². The van der Waals surface area contributed by atoms with Gasteiger partial charge in [-0.25, -0.2) is 0 Å². The van der Waals surface area contributed by atoms with Gasteiger partial charge in [0.1, 0.15) is 0 Å². The molecule has 0 aromatic rings.